The zero-order chi connectivity index (χ0) is 15.5. The van der Waals surface area contributed by atoms with Crippen LogP contribution in [0.1, 0.15) is 19.8 Å². The highest BCUT2D eigenvalue weighted by atomic mass is 16.2. The largest absolute Gasteiger partial charge is 0.450 e. The van der Waals surface area contributed by atoms with Crippen LogP contribution in [0.5, 0.6) is 0 Å². The minimum absolute atomic E-state index is 0.568. The lowest BCUT2D eigenvalue weighted by atomic mass is 9.86. The van der Waals surface area contributed by atoms with Crippen LogP contribution in [0.2, 0.25) is 0 Å². The van der Waals surface area contributed by atoms with E-state index < -0.39 is 0 Å². The Balaban J connectivity index is 3.07. The Morgan fingerprint density at radius 2 is 2.19 bits per heavy atom. The molecule has 0 aromatic carbocycles. The Morgan fingerprint density at radius 3 is 2.76 bits per heavy atom. The molecule has 1 aliphatic rings. The first-order valence-corrected chi connectivity index (χ1v) is 7.13. The summed E-state index contributed by atoms with van der Waals surface area (Å²) in [4.78, 5) is 0. The molecule has 0 bridgehead atoms. The quantitative estimate of drug-likeness (QED) is 0.552. The van der Waals surface area contributed by atoms with Crippen LogP contribution in [-0.2, 0) is 0 Å². The highest BCUT2D eigenvalue weighted by Gasteiger charge is 2.02. The van der Waals surface area contributed by atoms with Gasteiger partial charge in [0.15, 0.2) is 0 Å². The standard InChI is InChI=1S/C18H23BNO/c1-4-8-18(14-20-3)17(13-15(2)19-21)12-11-16-9-6-5-7-10-16/h4-6,8-9,11-14,20-21H,2,7,10H2,1,3H3/b8-4-,12-11+,17-13?,18-14+. The molecule has 0 amide bonds. The molecule has 0 spiro atoms. The maximum absolute atomic E-state index is 9.08. The van der Waals surface area contributed by atoms with Crippen LogP contribution >= 0.6 is 0 Å². The van der Waals surface area contributed by atoms with Gasteiger partial charge < -0.3 is 10.3 Å². The van der Waals surface area contributed by atoms with E-state index in [-0.39, 0.29) is 0 Å². The number of rotatable bonds is 7. The first-order valence-electron chi connectivity index (χ1n) is 7.13. The molecule has 0 aromatic rings. The highest BCUT2D eigenvalue weighted by molar-refractivity contribution is 6.37. The van der Waals surface area contributed by atoms with E-state index in [0.717, 1.165) is 31.5 Å². The minimum atomic E-state index is 0.568. The molecule has 0 fully saturated rings. The number of hydrogen-bond acceptors (Lipinski definition) is 2. The summed E-state index contributed by atoms with van der Waals surface area (Å²) < 4.78 is 0. The van der Waals surface area contributed by atoms with Gasteiger partial charge in [-0.2, -0.15) is 0 Å². The molecule has 0 unspecified atom stereocenters. The Labute approximate surface area is 128 Å². The number of hydrogen-bond donors (Lipinski definition) is 2. The summed E-state index contributed by atoms with van der Waals surface area (Å²) >= 11 is 0. The van der Waals surface area contributed by atoms with Crippen molar-refractivity contribution in [2.45, 2.75) is 19.8 Å². The topological polar surface area (TPSA) is 32.3 Å². The third kappa shape index (κ3) is 6.32. The summed E-state index contributed by atoms with van der Waals surface area (Å²) in [6, 6.07) is 0. The SMILES string of the molecule is C=C([B]O)C=C(/C=C/C1=CC=CCC1)C(/C=C\C)=C/NC. The molecule has 0 aromatic heterocycles. The van der Waals surface area contributed by atoms with Crippen LogP contribution in [0.25, 0.3) is 0 Å². The lowest BCUT2D eigenvalue weighted by molar-refractivity contribution is 0.612. The van der Waals surface area contributed by atoms with E-state index in [0.29, 0.717) is 5.47 Å². The van der Waals surface area contributed by atoms with Crippen LogP contribution in [0.15, 0.2) is 83.6 Å². The van der Waals surface area contributed by atoms with Crippen molar-refractivity contribution in [2.75, 3.05) is 7.05 Å². The normalized spacial score (nSPS) is 16.4. The van der Waals surface area contributed by atoms with Gasteiger partial charge in [-0.3, -0.25) is 0 Å². The van der Waals surface area contributed by atoms with Gasteiger partial charge in [-0.05, 0) is 36.5 Å². The van der Waals surface area contributed by atoms with Crippen molar-refractivity contribution in [3.05, 3.63) is 83.6 Å². The summed E-state index contributed by atoms with van der Waals surface area (Å²) in [6.45, 7) is 5.78. The van der Waals surface area contributed by atoms with Crippen LogP contribution < -0.4 is 5.32 Å². The van der Waals surface area contributed by atoms with Gasteiger partial charge in [0, 0.05) is 13.2 Å². The highest BCUT2D eigenvalue weighted by Crippen LogP contribution is 2.19. The first-order chi connectivity index (χ1) is 10.2. The molecule has 3 heteroatoms. The fourth-order valence-corrected chi connectivity index (χ4v) is 1.98. The zero-order valence-corrected chi connectivity index (χ0v) is 12.8. The molecule has 2 N–H and O–H groups in total. The van der Waals surface area contributed by atoms with Gasteiger partial charge in [-0.25, -0.2) is 0 Å². The zero-order valence-electron chi connectivity index (χ0n) is 12.8. The number of nitrogens with one attached hydrogen (secondary N) is 1. The lowest BCUT2D eigenvalue weighted by Crippen LogP contribution is -1.98. The molecule has 2 nitrogen and oxygen atoms in total. The second-order valence-corrected chi connectivity index (χ2v) is 4.73. The molecular weight excluding hydrogens is 257 g/mol. The Kier molecular flexibility index (Phi) is 7.99. The van der Waals surface area contributed by atoms with Crippen LogP contribution in [0.3, 0.4) is 0 Å². The fourth-order valence-electron chi connectivity index (χ4n) is 1.98. The predicted molar refractivity (Wildman–Crippen MR) is 92.7 cm³/mol. The summed E-state index contributed by atoms with van der Waals surface area (Å²) in [5, 5.41) is 12.1. The van der Waals surface area contributed by atoms with Crippen molar-refractivity contribution >= 4 is 7.48 Å². The Bertz CT molecular complexity index is 533. The van der Waals surface area contributed by atoms with Crippen molar-refractivity contribution in [1.29, 1.82) is 0 Å². The second-order valence-electron chi connectivity index (χ2n) is 4.73. The van der Waals surface area contributed by atoms with E-state index in [1.165, 1.54) is 5.57 Å². The molecule has 0 saturated carbocycles. The Hall–Kier alpha value is -2.00. The smallest absolute Gasteiger partial charge is 0.326 e. The van der Waals surface area contributed by atoms with Crippen LogP contribution in [0, 0.1) is 0 Å². The molecule has 0 saturated heterocycles. The molecule has 0 heterocycles. The van der Waals surface area contributed by atoms with Gasteiger partial charge in [0.1, 0.15) is 0 Å². The van der Waals surface area contributed by atoms with Gasteiger partial charge in [0.2, 0.25) is 0 Å². The molecule has 0 aliphatic heterocycles. The van der Waals surface area contributed by atoms with Crippen LogP contribution in [0.4, 0.5) is 0 Å². The van der Waals surface area contributed by atoms with Crippen molar-refractivity contribution in [3.63, 3.8) is 0 Å². The molecular formula is C18H23BNO. The summed E-state index contributed by atoms with van der Waals surface area (Å²) in [5.41, 5.74) is 3.89. The van der Waals surface area contributed by atoms with Crippen molar-refractivity contribution in [3.8, 4) is 0 Å². The van der Waals surface area contributed by atoms with Crippen LogP contribution in [-0.4, -0.2) is 19.6 Å². The minimum Gasteiger partial charge on any atom is -0.450 e. The van der Waals surface area contributed by atoms with E-state index in [4.69, 9.17) is 5.02 Å². The summed E-state index contributed by atoms with van der Waals surface area (Å²) in [6.07, 6.45) is 20.5. The molecule has 21 heavy (non-hydrogen) atoms. The molecule has 1 radical (unpaired) electrons. The fraction of sp³-hybridized carbons (Fsp3) is 0.222. The van der Waals surface area contributed by atoms with E-state index >= 15 is 0 Å². The number of allylic oxidation sites excluding steroid dienone is 12. The van der Waals surface area contributed by atoms with Gasteiger partial charge in [0.05, 0.1) is 0 Å². The molecule has 1 aliphatic carbocycles. The summed E-state index contributed by atoms with van der Waals surface area (Å²) in [5.74, 6) is 0. The maximum atomic E-state index is 9.08. The monoisotopic (exact) mass is 280 g/mol. The van der Waals surface area contributed by atoms with Gasteiger partial charge in [-0.15, -0.1) is 6.58 Å². The molecule has 109 valence electrons. The van der Waals surface area contributed by atoms with E-state index in [9.17, 15) is 0 Å². The second kappa shape index (κ2) is 9.84. The van der Waals surface area contributed by atoms with Crippen molar-refractivity contribution < 1.29 is 5.02 Å². The molecule has 1 rings (SSSR count). The van der Waals surface area contributed by atoms with Gasteiger partial charge >= 0.3 is 7.48 Å². The van der Waals surface area contributed by atoms with Gasteiger partial charge in [0.25, 0.3) is 0 Å². The van der Waals surface area contributed by atoms with Gasteiger partial charge in [-0.1, -0.05) is 54.1 Å². The van der Waals surface area contributed by atoms with Crippen molar-refractivity contribution in [1.82, 2.24) is 5.32 Å². The predicted octanol–water partition coefficient (Wildman–Crippen LogP) is 3.55. The Morgan fingerprint density at radius 1 is 1.38 bits per heavy atom. The maximum Gasteiger partial charge on any atom is 0.326 e. The average molecular weight is 280 g/mol. The summed E-state index contributed by atoms with van der Waals surface area (Å²) in [7, 11) is 2.88. The van der Waals surface area contributed by atoms with E-state index in [2.05, 4.69) is 42.3 Å². The first kappa shape index (κ1) is 17.1. The average Bonchev–Trinajstić information content (AvgIpc) is 2.52. The molecule has 0 atom stereocenters. The van der Waals surface area contributed by atoms with E-state index in [1.807, 2.05) is 38.4 Å². The lowest BCUT2D eigenvalue weighted by Gasteiger charge is -2.07. The van der Waals surface area contributed by atoms with E-state index in [1.54, 1.807) is 0 Å². The third-order valence-corrected chi connectivity index (χ3v) is 3.01. The third-order valence-electron chi connectivity index (χ3n) is 3.01. The van der Waals surface area contributed by atoms with Crippen molar-refractivity contribution in [2.24, 2.45) is 0 Å².